The van der Waals surface area contributed by atoms with E-state index in [1.807, 2.05) is 0 Å². The van der Waals surface area contributed by atoms with Gasteiger partial charge in [-0.05, 0) is 18.9 Å². The number of aldehydes is 1. The van der Waals surface area contributed by atoms with Crippen molar-refractivity contribution < 1.29 is 4.79 Å². The standard InChI is InChI=1S/C13H16ClN5O/c1-16-12(10-4-2-5-11(14)8-10)19-13(15)18-9-17-6-3-7-20/h2,4-5,7-8,17H,1,3,6,9H2,(H2,15,18)/b19-12-. The highest BCUT2D eigenvalue weighted by atomic mass is 35.5. The lowest BCUT2D eigenvalue weighted by atomic mass is 10.2. The molecule has 0 aliphatic rings. The molecule has 7 heteroatoms. The van der Waals surface area contributed by atoms with Gasteiger partial charge in [-0.15, -0.1) is 0 Å². The van der Waals surface area contributed by atoms with Crippen LogP contribution in [0.15, 0.2) is 39.2 Å². The van der Waals surface area contributed by atoms with Crippen molar-refractivity contribution in [3.8, 4) is 0 Å². The zero-order valence-corrected chi connectivity index (χ0v) is 11.7. The number of carbonyl (C=O) groups excluding carboxylic acids is 1. The molecule has 0 fully saturated rings. The van der Waals surface area contributed by atoms with Gasteiger partial charge in [-0.3, -0.25) is 5.32 Å². The summed E-state index contributed by atoms with van der Waals surface area (Å²) in [6.07, 6.45) is 1.26. The van der Waals surface area contributed by atoms with Crippen LogP contribution in [0.25, 0.3) is 0 Å². The van der Waals surface area contributed by atoms with E-state index in [4.69, 9.17) is 17.3 Å². The summed E-state index contributed by atoms with van der Waals surface area (Å²) >= 11 is 5.90. The van der Waals surface area contributed by atoms with E-state index < -0.39 is 0 Å². The van der Waals surface area contributed by atoms with Gasteiger partial charge in [0.2, 0.25) is 5.96 Å². The number of benzene rings is 1. The Bertz CT molecular complexity index is 527. The number of nitrogens with two attached hydrogens (primary N) is 1. The Morgan fingerprint density at radius 1 is 1.50 bits per heavy atom. The van der Waals surface area contributed by atoms with Gasteiger partial charge in [-0.25, -0.2) is 9.98 Å². The van der Waals surface area contributed by atoms with Crippen molar-refractivity contribution in [3.05, 3.63) is 34.9 Å². The van der Waals surface area contributed by atoms with Gasteiger partial charge in [0.05, 0.1) is 6.67 Å². The molecule has 1 rings (SSSR count). The maximum Gasteiger partial charge on any atom is 0.218 e. The molecule has 0 atom stereocenters. The molecule has 0 saturated carbocycles. The van der Waals surface area contributed by atoms with Gasteiger partial charge in [0.15, 0.2) is 5.84 Å². The fraction of sp³-hybridized carbons (Fsp3) is 0.231. The third-order valence-electron chi connectivity index (χ3n) is 2.24. The zero-order chi connectivity index (χ0) is 14.8. The SMILES string of the molecule is C=N/C(=N\C(N)=N/CNCCC=O)c1cccc(Cl)c1. The highest BCUT2D eigenvalue weighted by molar-refractivity contribution is 6.31. The first-order valence-electron chi connectivity index (χ1n) is 5.93. The monoisotopic (exact) mass is 293 g/mol. The maximum absolute atomic E-state index is 10.1. The first-order valence-corrected chi connectivity index (χ1v) is 6.30. The van der Waals surface area contributed by atoms with Crippen LogP contribution in [0.2, 0.25) is 5.02 Å². The van der Waals surface area contributed by atoms with E-state index in [1.54, 1.807) is 24.3 Å². The number of carbonyl (C=O) groups is 1. The van der Waals surface area contributed by atoms with E-state index in [1.165, 1.54) is 0 Å². The number of hydrogen-bond donors (Lipinski definition) is 2. The van der Waals surface area contributed by atoms with Crippen LogP contribution in [0.5, 0.6) is 0 Å². The van der Waals surface area contributed by atoms with Gasteiger partial charge in [-0.1, -0.05) is 23.7 Å². The molecule has 0 aromatic heterocycles. The van der Waals surface area contributed by atoms with Crippen molar-refractivity contribution in [1.29, 1.82) is 0 Å². The minimum atomic E-state index is 0.0750. The Hall–Kier alpha value is -2.05. The lowest BCUT2D eigenvalue weighted by Crippen LogP contribution is -2.20. The second-order valence-electron chi connectivity index (χ2n) is 3.73. The van der Waals surface area contributed by atoms with Crippen molar-refractivity contribution in [2.24, 2.45) is 20.7 Å². The van der Waals surface area contributed by atoms with Crippen molar-refractivity contribution in [2.75, 3.05) is 13.2 Å². The van der Waals surface area contributed by atoms with Crippen LogP contribution in [-0.2, 0) is 4.79 Å². The van der Waals surface area contributed by atoms with Crippen LogP contribution >= 0.6 is 11.6 Å². The summed E-state index contributed by atoms with van der Waals surface area (Å²) in [5.74, 6) is 0.424. The van der Waals surface area contributed by atoms with Gasteiger partial charge in [0, 0.05) is 23.6 Å². The van der Waals surface area contributed by atoms with Gasteiger partial charge >= 0.3 is 0 Å². The third kappa shape index (κ3) is 5.73. The lowest BCUT2D eigenvalue weighted by molar-refractivity contribution is -0.107. The van der Waals surface area contributed by atoms with Crippen molar-refractivity contribution in [3.63, 3.8) is 0 Å². The fourth-order valence-electron chi connectivity index (χ4n) is 1.34. The van der Waals surface area contributed by atoms with Crippen LogP contribution < -0.4 is 11.1 Å². The molecule has 0 heterocycles. The highest BCUT2D eigenvalue weighted by Gasteiger charge is 2.02. The molecule has 0 spiro atoms. The second-order valence-corrected chi connectivity index (χ2v) is 4.17. The minimum absolute atomic E-state index is 0.0750. The molecule has 1 aromatic carbocycles. The number of amidine groups is 1. The predicted molar refractivity (Wildman–Crippen MR) is 82.7 cm³/mol. The molecule has 0 amide bonds. The smallest absolute Gasteiger partial charge is 0.218 e. The summed E-state index contributed by atoms with van der Waals surface area (Å²) in [7, 11) is 0. The Morgan fingerprint density at radius 3 is 2.95 bits per heavy atom. The molecule has 6 nitrogen and oxygen atoms in total. The highest BCUT2D eigenvalue weighted by Crippen LogP contribution is 2.12. The average molecular weight is 294 g/mol. The number of halogens is 1. The van der Waals surface area contributed by atoms with Crippen LogP contribution in [0.4, 0.5) is 0 Å². The van der Waals surface area contributed by atoms with Crippen LogP contribution in [0.1, 0.15) is 12.0 Å². The van der Waals surface area contributed by atoms with Crippen molar-refractivity contribution in [2.45, 2.75) is 6.42 Å². The quantitative estimate of drug-likeness (QED) is 0.358. The molecule has 0 radical (unpaired) electrons. The molecule has 0 saturated heterocycles. The molecular weight excluding hydrogens is 278 g/mol. The van der Waals surface area contributed by atoms with E-state index in [-0.39, 0.29) is 12.6 Å². The number of guanidine groups is 1. The number of hydrogen-bond acceptors (Lipinski definition) is 3. The van der Waals surface area contributed by atoms with Crippen LogP contribution in [0, 0.1) is 0 Å². The van der Waals surface area contributed by atoms with Gasteiger partial charge < -0.3 is 10.5 Å². The number of nitrogens with one attached hydrogen (secondary N) is 1. The molecule has 0 aliphatic heterocycles. The normalized spacial score (nSPS) is 12.2. The van der Waals surface area contributed by atoms with E-state index in [0.717, 1.165) is 6.29 Å². The Balaban J connectivity index is 2.70. The Kier molecular flexibility index (Phi) is 7.16. The topological polar surface area (TPSA) is 92.2 Å². The summed E-state index contributed by atoms with van der Waals surface area (Å²) in [6.45, 7) is 4.28. The summed E-state index contributed by atoms with van der Waals surface area (Å²) in [6, 6.07) is 7.05. The number of nitrogens with zero attached hydrogens (tertiary/aromatic N) is 3. The zero-order valence-electron chi connectivity index (χ0n) is 10.9. The number of aliphatic imine (C=N–C) groups is 3. The van der Waals surface area contributed by atoms with Gasteiger partial charge in [0.25, 0.3) is 0 Å². The fourth-order valence-corrected chi connectivity index (χ4v) is 1.53. The molecule has 106 valence electrons. The molecular formula is C13H16ClN5O. The minimum Gasteiger partial charge on any atom is -0.368 e. The maximum atomic E-state index is 10.1. The predicted octanol–water partition coefficient (Wildman–Crippen LogP) is 1.24. The van der Waals surface area contributed by atoms with Crippen LogP contribution in [0.3, 0.4) is 0 Å². The van der Waals surface area contributed by atoms with E-state index >= 15 is 0 Å². The summed E-state index contributed by atoms with van der Waals surface area (Å²) in [4.78, 5) is 22.0. The van der Waals surface area contributed by atoms with E-state index in [2.05, 4.69) is 27.0 Å². The average Bonchev–Trinajstić information content (AvgIpc) is 2.44. The molecule has 0 aliphatic carbocycles. The molecule has 1 aromatic rings. The first-order chi connectivity index (χ1) is 9.67. The molecule has 20 heavy (non-hydrogen) atoms. The molecule has 0 unspecified atom stereocenters. The largest absolute Gasteiger partial charge is 0.368 e. The van der Waals surface area contributed by atoms with Gasteiger partial charge in [-0.2, -0.15) is 4.99 Å². The Morgan fingerprint density at radius 2 is 2.30 bits per heavy atom. The lowest BCUT2D eigenvalue weighted by Gasteiger charge is -2.02. The third-order valence-corrected chi connectivity index (χ3v) is 2.48. The summed E-state index contributed by atoms with van der Waals surface area (Å²) < 4.78 is 0. The van der Waals surface area contributed by atoms with Crippen LogP contribution in [-0.4, -0.2) is 38.0 Å². The second kappa shape index (κ2) is 8.95. The Labute approximate surface area is 122 Å². The summed E-state index contributed by atoms with van der Waals surface area (Å²) in [5, 5.41) is 3.50. The van der Waals surface area contributed by atoms with E-state index in [9.17, 15) is 4.79 Å². The van der Waals surface area contributed by atoms with Gasteiger partial charge in [0.1, 0.15) is 6.29 Å². The van der Waals surface area contributed by atoms with Crippen molar-refractivity contribution >= 4 is 36.4 Å². The van der Waals surface area contributed by atoms with E-state index in [0.29, 0.717) is 29.4 Å². The summed E-state index contributed by atoms with van der Waals surface area (Å²) in [5.41, 5.74) is 6.38. The number of rotatable bonds is 6. The molecule has 3 N–H and O–H groups in total. The first kappa shape index (κ1) is 16.0. The molecule has 0 bridgehead atoms. The van der Waals surface area contributed by atoms with Crippen molar-refractivity contribution in [1.82, 2.24) is 5.32 Å².